The van der Waals surface area contributed by atoms with Gasteiger partial charge in [-0.05, 0) is 28.8 Å². The summed E-state index contributed by atoms with van der Waals surface area (Å²) in [5.74, 6) is 1.71. The van der Waals surface area contributed by atoms with Gasteiger partial charge < -0.3 is 10.1 Å². The lowest BCUT2D eigenvalue weighted by atomic mass is 10.1. The van der Waals surface area contributed by atoms with Crippen molar-refractivity contribution in [2.75, 3.05) is 6.61 Å². The molecule has 0 saturated heterocycles. The highest BCUT2D eigenvalue weighted by Gasteiger charge is 2.21. The number of halogens is 1. The number of nitrogens with zero attached hydrogens (tertiary/aromatic N) is 1. The lowest BCUT2D eigenvalue weighted by Gasteiger charge is -2.03. The number of nitrogens with one attached hydrogen (secondary N) is 1. The zero-order chi connectivity index (χ0) is 9.97. The molecule has 1 aromatic heterocycles. The van der Waals surface area contributed by atoms with E-state index in [4.69, 9.17) is 5.11 Å². The standard InChI is InChI=1S/C10H15BrN2O/c11-9-8(5-6-14)12-10(13-9)7-3-1-2-4-7/h7,14H,1-6H2,(H,12,13). The van der Waals surface area contributed by atoms with Crippen molar-refractivity contribution in [1.29, 1.82) is 0 Å². The van der Waals surface area contributed by atoms with E-state index in [0.29, 0.717) is 12.3 Å². The summed E-state index contributed by atoms with van der Waals surface area (Å²) in [6.45, 7) is 0.172. The van der Waals surface area contributed by atoms with E-state index in [1.54, 1.807) is 0 Å². The third-order valence-corrected chi connectivity index (χ3v) is 3.51. The Bertz CT molecular complexity index is 305. The first-order valence-corrected chi connectivity index (χ1v) is 5.95. The SMILES string of the molecule is OCCc1[nH]c(C2CCCC2)nc1Br. The molecule has 0 bridgehead atoms. The predicted molar refractivity (Wildman–Crippen MR) is 58.3 cm³/mol. The molecule has 1 saturated carbocycles. The van der Waals surface area contributed by atoms with Gasteiger partial charge in [-0.3, -0.25) is 0 Å². The fourth-order valence-corrected chi connectivity index (χ4v) is 2.57. The summed E-state index contributed by atoms with van der Waals surface area (Å²) in [5, 5.41) is 8.85. The highest BCUT2D eigenvalue weighted by molar-refractivity contribution is 9.10. The van der Waals surface area contributed by atoms with Gasteiger partial charge in [0, 0.05) is 18.9 Å². The second-order valence-electron chi connectivity index (χ2n) is 3.85. The number of H-pyrrole nitrogens is 1. The average molecular weight is 259 g/mol. The molecule has 14 heavy (non-hydrogen) atoms. The van der Waals surface area contributed by atoms with Crippen molar-refractivity contribution >= 4 is 15.9 Å². The first-order chi connectivity index (χ1) is 6.81. The van der Waals surface area contributed by atoms with Crippen molar-refractivity contribution in [2.24, 2.45) is 0 Å². The van der Waals surface area contributed by atoms with E-state index in [2.05, 4.69) is 25.9 Å². The molecule has 3 nitrogen and oxygen atoms in total. The predicted octanol–water partition coefficient (Wildman–Crippen LogP) is 2.36. The van der Waals surface area contributed by atoms with Crippen molar-refractivity contribution in [3.63, 3.8) is 0 Å². The molecule has 0 aliphatic heterocycles. The minimum absolute atomic E-state index is 0.172. The van der Waals surface area contributed by atoms with E-state index in [-0.39, 0.29) is 6.61 Å². The van der Waals surface area contributed by atoms with Crippen molar-refractivity contribution in [1.82, 2.24) is 9.97 Å². The Balaban J connectivity index is 2.14. The number of aromatic nitrogens is 2. The molecule has 0 radical (unpaired) electrons. The maximum Gasteiger partial charge on any atom is 0.127 e. The molecule has 1 fully saturated rings. The minimum atomic E-state index is 0.172. The van der Waals surface area contributed by atoms with Crippen molar-refractivity contribution in [3.8, 4) is 0 Å². The number of hydrogen-bond donors (Lipinski definition) is 2. The molecule has 0 aromatic carbocycles. The number of aromatic amines is 1. The van der Waals surface area contributed by atoms with E-state index >= 15 is 0 Å². The van der Waals surface area contributed by atoms with Gasteiger partial charge in [-0.25, -0.2) is 4.98 Å². The van der Waals surface area contributed by atoms with Crippen LogP contribution in [0.4, 0.5) is 0 Å². The van der Waals surface area contributed by atoms with E-state index in [9.17, 15) is 0 Å². The first kappa shape index (κ1) is 10.2. The second-order valence-corrected chi connectivity index (χ2v) is 4.60. The Morgan fingerprint density at radius 2 is 2.14 bits per heavy atom. The van der Waals surface area contributed by atoms with Crippen LogP contribution in [0.5, 0.6) is 0 Å². The van der Waals surface area contributed by atoms with Gasteiger partial charge in [-0.2, -0.15) is 0 Å². The van der Waals surface area contributed by atoms with Gasteiger partial charge in [-0.1, -0.05) is 12.8 Å². The second kappa shape index (κ2) is 4.45. The Labute approximate surface area is 92.1 Å². The summed E-state index contributed by atoms with van der Waals surface area (Å²) in [5.41, 5.74) is 1.02. The van der Waals surface area contributed by atoms with Crippen LogP contribution >= 0.6 is 15.9 Å². The third kappa shape index (κ3) is 2.01. The molecule has 1 heterocycles. The zero-order valence-corrected chi connectivity index (χ0v) is 9.68. The first-order valence-electron chi connectivity index (χ1n) is 5.16. The largest absolute Gasteiger partial charge is 0.396 e. The fourth-order valence-electron chi connectivity index (χ4n) is 2.08. The average Bonchev–Trinajstić information content (AvgIpc) is 2.76. The van der Waals surface area contributed by atoms with E-state index in [0.717, 1.165) is 16.1 Å². The van der Waals surface area contributed by atoms with E-state index in [1.165, 1.54) is 25.7 Å². The molecular formula is C10H15BrN2O. The maximum atomic E-state index is 8.85. The molecule has 2 N–H and O–H groups in total. The molecule has 1 aliphatic rings. The van der Waals surface area contributed by atoms with Crippen LogP contribution < -0.4 is 0 Å². The van der Waals surface area contributed by atoms with Crippen LogP contribution in [0.15, 0.2) is 4.60 Å². The molecule has 1 aromatic rings. The smallest absolute Gasteiger partial charge is 0.127 e. The Morgan fingerprint density at radius 3 is 2.79 bits per heavy atom. The summed E-state index contributed by atoms with van der Waals surface area (Å²) in [6, 6.07) is 0. The van der Waals surface area contributed by atoms with Gasteiger partial charge in [-0.15, -0.1) is 0 Å². The van der Waals surface area contributed by atoms with Gasteiger partial charge in [0.15, 0.2) is 0 Å². The molecule has 1 aliphatic carbocycles. The summed E-state index contributed by atoms with van der Waals surface area (Å²) in [6.07, 6.45) is 5.79. The van der Waals surface area contributed by atoms with Crippen molar-refractivity contribution in [3.05, 3.63) is 16.1 Å². The maximum absolute atomic E-state index is 8.85. The minimum Gasteiger partial charge on any atom is -0.396 e. The van der Waals surface area contributed by atoms with Gasteiger partial charge in [0.1, 0.15) is 10.4 Å². The molecule has 0 spiro atoms. The number of hydrogen-bond acceptors (Lipinski definition) is 2. The number of aliphatic hydroxyl groups is 1. The van der Waals surface area contributed by atoms with Crippen LogP contribution in [0, 0.1) is 0 Å². The molecule has 0 unspecified atom stereocenters. The molecule has 0 atom stereocenters. The molecule has 0 amide bonds. The van der Waals surface area contributed by atoms with E-state index in [1.807, 2.05) is 0 Å². The van der Waals surface area contributed by atoms with Gasteiger partial charge in [0.2, 0.25) is 0 Å². The Hall–Kier alpha value is -0.350. The van der Waals surface area contributed by atoms with Crippen molar-refractivity contribution < 1.29 is 5.11 Å². The van der Waals surface area contributed by atoms with Crippen LogP contribution in [-0.4, -0.2) is 21.7 Å². The number of imidazole rings is 1. The summed E-state index contributed by atoms with van der Waals surface area (Å²) in [7, 11) is 0. The highest BCUT2D eigenvalue weighted by Crippen LogP contribution is 2.33. The molecular weight excluding hydrogens is 244 g/mol. The van der Waals surface area contributed by atoms with Gasteiger partial charge in [0.25, 0.3) is 0 Å². The monoisotopic (exact) mass is 258 g/mol. The Kier molecular flexibility index (Phi) is 3.23. The van der Waals surface area contributed by atoms with Crippen LogP contribution in [0.2, 0.25) is 0 Å². The lowest BCUT2D eigenvalue weighted by Crippen LogP contribution is -1.96. The molecule has 2 rings (SSSR count). The van der Waals surface area contributed by atoms with Crippen LogP contribution in [0.3, 0.4) is 0 Å². The highest BCUT2D eigenvalue weighted by atomic mass is 79.9. The number of aliphatic hydroxyl groups excluding tert-OH is 1. The Morgan fingerprint density at radius 1 is 1.43 bits per heavy atom. The van der Waals surface area contributed by atoms with Crippen LogP contribution in [0.25, 0.3) is 0 Å². The van der Waals surface area contributed by atoms with Crippen LogP contribution in [-0.2, 0) is 6.42 Å². The summed E-state index contributed by atoms with van der Waals surface area (Å²) < 4.78 is 0.869. The summed E-state index contributed by atoms with van der Waals surface area (Å²) >= 11 is 3.41. The van der Waals surface area contributed by atoms with Crippen molar-refractivity contribution in [2.45, 2.75) is 38.0 Å². The topological polar surface area (TPSA) is 48.9 Å². The van der Waals surface area contributed by atoms with Crippen LogP contribution in [0.1, 0.15) is 43.1 Å². The molecule has 78 valence electrons. The number of rotatable bonds is 3. The summed E-state index contributed by atoms with van der Waals surface area (Å²) in [4.78, 5) is 7.77. The van der Waals surface area contributed by atoms with E-state index < -0.39 is 0 Å². The normalized spacial score (nSPS) is 17.9. The van der Waals surface area contributed by atoms with Gasteiger partial charge in [0.05, 0.1) is 5.69 Å². The quantitative estimate of drug-likeness (QED) is 0.875. The zero-order valence-electron chi connectivity index (χ0n) is 8.09. The fraction of sp³-hybridized carbons (Fsp3) is 0.700. The van der Waals surface area contributed by atoms with Gasteiger partial charge >= 0.3 is 0 Å². The lowest BCUT2D eigenvalue weighted by molar-refractivity contribution is 0.298. The molecule has 4 heteroatoms. The third-order valence-electron chi connectivity index (χ3n) is 2.85.